The molecule has 1 unspecified atom stereocenters. The summed E-state index contributed by atoms with van der Waals surface area (Å²) in [6, 6.07) is 10.5. The van der Waals surface area contributed by atoms with Crippen LogP contribution in [0.5, 0.6) is 0 Å². The van der Waals surface area contributed by atoms with E-state index in [1.54, 1.807) is 11.5 Å². The number of aromatic nitrogens is 2. The molecule has 0 spiro atoms. The minimum absolute atomic E-state index is 0.0817. The van der Waals surface area contributed by atoms with Crippen LogP contribution in [0.25, 0.3) is 11.0 Å². The van der Waals surface area contributed by atoms with Gasteiger partial charge in [0, 0.05) is 18.3 Å². The first kappa shape index (κ1) is 17.8. The third-order valence-corrected chi connectivity index (χ3v) is 3.72. The van der Waals surface area contributed by atoms with Crippen LogP contribution in [0.1, 0.15) is 6.92 Å². The van der Waals surface area contributed by atoms with Gasteiger partial charge in [-0.25, -0.2) is 13.8 Å². The molecular formula is C18H18F2N4O2. The molecular weight excluding hydrogens is 342 g/mol. The first-order valence-electron chi connectivity index (χ1n) is 8.06. The largest absolute Gasteiger partial charge is 0.392 e. The van der Waals surface area contributed by atoms with E-state index in [9.17, 15) is 18.7 Å². The molecule has 0 saturated carbocycles. The van der Waals surface area contributed by atoms with Crippen molar-refractivity contribution in [2.45, 2.75) is 19.6 Å². The number of carbonyl (C=O) groups excluding carboxylic acids is 1. The summed E-state index contributed by atoms with van der Waals surface area (Å²) in [7, 11) is 0. The average molecular weight is 360 g/mol. The van der Waals surface area contributed by atoms with Crippen LogP contribution in [0.2, 0.25) is 0 Å². The molecule has 0 fully saturated rings. The van der Waals surface area contributed by atoms with Crippen molar-refractivity contribution < 1.29 is 18.7 Å². The minimum atomic E-state index is -1.03. The summed E-state index contributed by atoms with van der Waals surface area (Å²) in [5, 5.41) is 15.0. The standard InChI is InChI=1S/C18H18F2N4O2/c1-11(25)9-21-18-23-15-4-2-3-5-16(15)24(18)10-17(26)22-12-6-7-13(19)14(20)8-12/h2-8,11,25H,9-10H2,1H3,(H,21,23)(H,22,26). The van der Waals surface area contributed by atoms with Crippen LogP contribution in [0, 0.1) is 11.6 Å². The molecule has 0 aliphatic rings. The third kappa shape index (κ3) is 3.97. The van der Waals surface area contributed by atoms with Crippen molar-refractivity contribution in [3.05, 3.63) is 54.1 Å². The highest BCUT2D eigenvalue weighted by Gasteiger charge is 2.14. The van der Waals surface area contributed by atoms with Crippen LogP contribution in [0.3, 0.4) is 0 Å². The highest BCUT2D eigenvalue weighted by molar-refractivity contribution is 5.92. The number of rotatable bonds is 6. The second-order valence-corrected chi connectivity index (χ2v) is 5.92. The van der Waals surface area contributed by atoms with E-state index in [2.05, 4.69) is 15.6 Å². The van der Waals surface area contributed by atoms with E-state index in [1.807, 2.05) is 24.3 Å². The topological polar surface area (TPSA) is 79.2 Å². The van der Waals surface area contributed by atoms with E-state index in [0.29, 0.717) is 11.5 Å². The minimum Gasteiger partial charge on any atom is -0.392 e. The molecule has 3 rings (SSSR count). The smallest absolute Gasteiger partial charge is 0.244 e. The van der Waals surface area contributed by atoms with Crippen LogP contribution in [0.4, 0.5) is 20.4 Å². The van der Waals surface area contributed by atoms with Gasteiger partial charge in [0.25, 0.3) is 0 Å². The van der Waals surface area contributed by atoms with Crippen molar-refractivity contribution in [1.29, 1.82) is 0 Å². The lowest BCUT2D eigenvalue weighted by Gasteiger charge is -2.12. The molecule has 0 bridgehead atoms. The quantitative estimate of drug-likeness (QED) is 0.632. The summed E-state index contributed by atoms with van der Waals surface area (Å²) < 4.78 is 27.9. The number of imidazole rings is 1. The van der Waals surface area contributed by atoms with Gasteiger partial charge in [-0.05, 0) is 31.2 Å². The summed E-state index contributed by atoms with van der Waals surface area (Å²) in [5.74, 6) is -1.99. The van der Waals surface area contributed by atoms with E-state index >= 15 is 0 Å². The zero-order valence-corrected chi connectivity index (χ0v) is 14.0. The van der Waals surface area contributed by atoms with Crippen LogP contribution < -0.4 is 10.6 Å². The Morgan fingerprint density at radius 1 is 1.23 bits per heavy atom. The molecule has 1 amide bonds. The van der Waals surface area contributed by atoms with Crippen molar-refractivity contribution in [2.24, 2.45) is 0 Å². The Balaban J connectivity index is 1.82. The molecule has 26 heavy (non-hydrogen) atoms. The van der Waals surface area contributed by atoms with Gasteiger partial charge in [-0.1, -0.05) is 12.1 Å². The lowest BCUT2D eigenvalue weighted by molar-refractivity contribution is -0.116. The van der Waals surface area contributed by atoms with Crippen molar-refractivity contribution in [2.75, 3.05) is 17.2 Å². The van der Waals surface area contributed by atoms with E-state index < -0.39 is 23.6 Å². The molecule has 1 aromatic heterocycles. The average Bonchev–Trinajstić information content (AvgIpc) is 2.94. The van der Waals surface area contributed by atoms with E-state index in [1.165, 1.54) is 6.07 Å². The van der Waals surface area contributed by atoms with Crippen molar-refractivity contribution in [1.82, 2.24) is 9.55 Å². The van der Waals surface area contributed by atoms with Gasteiger partial charge in [0.15, 0.2) is 11.6 Å². The summed E-state index contributed by atoms with van der Waals surface area (Å²) in [6.07, 6.45) is -0.584. The third-order valence-electron chi connectivity index (χ3n) is 3.72. The first-order valence-corrected chi connectivity index (χ1v) is 8.06. The van der Waals surface area contributed by atoms with Gasteiger partial charge in [0.05, 0.1) is 17.1 Å². The van der Waals surface area contributed by atoms with Crippen LogP contribution >= 0.6 is 0 Å². The number of anilines is 2. The Kier molecular flexibility index (Phi) is 5.13. The first-order chi connectivity index (χ1) is 12.4. The molecule has 2 aromatic carbocycles. The van der Waals surface area contributed by atoms with Gasteiger partial charge in [0.2, 0.25) is 11.9 Å². The fraction of sp³-hybridized carbons (Fsp3) is 0.222. The molecule has 1 atom stereocenters. The summed E-state index contributed by atoms with van der Waals surface area (Å²) >= 11 is 0. The lowest BCUT2D eigenvalue weighted by Crippen LogP contribution is -2.22. The van der Waals surface area contributed by atoms with E-state index in [-0.39, 0.29) is 18.8 Å². The number of carbonyl (C=O) groups is 1. The number of nitrogens with one attached hydrogen (secondary N) is 2. The maximum Gasteiger partial charge on any atom is 0.244 e. The van der Waals surface area contributed by atoms with Gasteiger partial charge in [-0.3, -0.25) is 4.79 Å². The molecule has 0 saturated heterocycles. The fourth-order valence-electron chi connectivity index (χ4n) is 2.53. The highest BCUT2D eigenvalue weighted by Crippen LogP contribution is 2.20. The summed E-state index contributed by atoms with van der Waals surface area (Å²) in [6.45, 7) is 1.82. The molecule has 3 aromatic rings. The molecule has 1 heterocycles. The second kappa shape index (κ2) is 7.49. The number of fused-ring (bicyclic) bond motifs is 1. The number of aliphatic hydroxyl groups is 1. The molecule has 0 radical (unpaired) electrons. The van der Waals surface area contributed by atoms with Crippen molar-refractivity contribution in [3.8, 4) is 0 Å². The van der Waals surface area contributed by atoms with E-state index in [4.69, 9.17) is 0 Å². The zero-order chi connectivity index (χ0) is 18.7. The highest BCUT2D eigenvalue weighted by atomic mass is 19.2. The monoisotopic (exact) mass is 360 g/mol. The fourth-order valence-corrected chi connectivity index (χ4v) is 2.53. The number of halogens is 2. The molecule has 0 aliphatic heterocycles. The Hall–Kier alpha value is -3.00. The number of hydrogen-bond donors (Lipinski definition) is 3. The van der Waals surface area contributed by atoms with Crippen LogP contribution in [0.15, 0.2) is 42.5 Å². The van der Waals surface area contributed by atoms with Crippen molar-refractivity contribution >= 4 is 28.6 Å². The molecule has 8 heteroatoms. The molecule has 3 N–H and O–H groups in total. The Labute approximate surface area is 148 Å². The maximum atomic E-state index is 13.3. The van der Waals surface area contributed by atoms with Crippen LogP contribution in [-0.4, -0.2) is 33.2 Å². The SMILES string of the molecule is CC(O)CNc1nc2ccccc2n1CC(=O)Nc1ccc(F)c(F)c1. The maximum absolute atomic E-state index is 13.3. The Morgan fingerprint density at radius 3 is 2.73 bits per heavy atom. The molecule has 136 valence electrons. The number of para-hydroxylation sites is 2. The Bertz CT molecular complexity index is 940. The predicted octanol–water partition coefficient (Wildman–Crippen LogP) is 2.75. The van der Waals surface area contributed by atoms with Gasteiger partial charge in [0.1, 0.15) is 6.54 Å². The lowest BCUT2D eigenvalue weighted by atomic mass is 10.3. The number of amides is 1. The normalized spacial score (nSPS) is 12.2. The summed E-state index contributed by atoms with van der Waals surface area (Å²) in [5.41, 5.74) is 1.60. The van der Waals surface area contributed by atoms with E-state index in [0.717, 1.165) is 17.6 Å². The van der Waals surface area contributed by atoms with Gasteiger partial charge >= 0.3 is 0 Å². The van der Waals surface area contributed by atoms with Gasteiger partial charge < -0.3 is 20.3 Å². The second-order valence-electron chi connectivity index (χ2n) is 5.92. The van der Waals surface area contributed by atoms with Crippen molar-refractivity contribution in [3.63, 3.8) is 0 Å². The zero-order valence-electron chi connectivity index (χ0n) is 14.0. The number of benzene rings is 2. The van der Waals surface area contributed by atoms with Gasteiger partial charge in [-0.2, -0.15) is 0 Å². The molecule has 0 aliphatic carbocycles. The summed E-state index contributed by atoms with van der Waals surface area (Å²) in [4.78, 5) is 16.8. The number of aliphatic hydroxyl groups excluding tert-OH is 1. The van der Waals surface area contributed by atoms with Gasteiger partial charge in [-0.15, -0.1) is 0 Å². The number of hydrogen-bond acceptors (Lipinski definition) is 4. The Morgan fingerprint density at radius 2 is 2.00 bits per heavy atom. The molecule has 6 nitrogen and oxygen atoms in total. The van der Waals surface area contributed by atoms with Crippen LogP contribution in [-0.2, 0) is 11.3 Å². The number of nitrogens with zero attached hydrogens (tertiary/aromatic N) is 2. The predicted molar refractivity (Wildman–Crippen MR) is 94.9 cm³/mol.